The fourth-order valence-electron chi connectivity index (χ4n) is 1.33. The average Bonchev–Trinajstić information content (AvgIpc) is 2.38. The molecular formula is C13H17Cl2NO3. The predicted molar refractivity (Wildman–Crippen MR) is 77.0 cm³/mol. The zero-order chi connectivity index (χ0) is 14.3. The molecule has 1 amide bonds. The first-order valence-electron chi connectivity index (χ1n) is 5.99. The molecule has 0 saturated carbocycles. The number of benzene rings is 1. The van der Waals surface area contributed by atoms with Gasteiger partial charge in [-0.3, -0.25) is 4.79 Å². The second-order valence-corrected chi connectivity index (χ2v) is 4.67. The van der Waals surface area contributed by atoms with Gasteiger partial charge >= 0.3 is 0 Å². The lowest BCUT2D eigenvalue weighted by Crippen LogP contribution is -2.29. The number of amides is 1. The number of halogens is 2. The van der Waals surface area contributed by atoms with Crippen molar-refractivity contribution in [2.75, 3.05) is 25.1 Å². The van der Waals surface area contributed by atoms with E-state index in [0.29, 0.717) is 35.6 Å². The molecule has 106 valence electrons. The Labute approximate surface area is 123 Å². The van der Waals surface area contributed by atoms with Crippen LogP contribution in [0.15, 0.2) is 18.2 Å². The third kappa shape index (κ3) is 5.78. The van der Waals surface area contributed by atoms with Gasteiger partial charge < -0.3 is 14.8 Å². The molecule has 0 spiro atoms. The maximum absolute atomic E-state index is 11.9. The summed E-state index contributed by atoms with van der Waals surface area (Å²) in [5, 5.41) is 3.60. The van der Waals surface area contributed by atoms with Gasteiger partial charge in [0.15, 0.2) is 0 Å². The molecule has 1 rings (SSSR count). The molecule has 1 atom stereocenters. The lowest BCUT2D eigenvalue weighted by molar-refractivity contribution is -0.127. The highest BCUT2D eigenvalue weighted by molar-refractivity contribution is 6.35. The Kier molecular flexibility index (Phi) is 7.16. The van der Waals surface area contributed by atoms with Crippen molar-refractivity contribution in [3.63, 3.8) is 0 Å². The normalized spacial score (nSPS) is 12.2. The van der Waals surface area contributed by atoms with Crippen molar-refractivity contribution in [1.82, 2.24) is 0 Å². The molecule has 0 bridgehead atoms. The van der Waals surface area contributed by atoms with Crippen LogP contribution >= 0.6 is 23.2 Å². The lowest BCUT2D eigenvalue weighted by Gasteiger charge is -2.14. The summed E-state index contributed by atoms with van der Waals surface area (Å²) in [7, 11) is 0. The first kappa shape index (κ1) is 16.2. The highest BCUT2D eigenvalue weighted by atomic mass is 35.5. The van der Waals surface area contributed by atoms with E-state index in [4.69, 9.17) is 32.7 Å². The van der Waals surface area contributed by atoms with E-state index < -0.39 is 6.10 Å². The number of hydrogen-bond donors (Lipinski definition) is 1. The largest absolute Gasteiger partial charge is 0.379 e. The SMILES string of the molecule is CCOCCOC(C)C(=O)Nc1cc(Cl)ccc1Cl. The predicted octanol–water partition coefficient (Wildman–Crippen LogP) is 3.37. The van der Waals surface area contributed by atoms with Crippen LogP contribution in [0.2, 0.25) is 10.0 Å². The van der Waals surface area contributed by atoms with Crippen LogP contribution in [0.5, 0.6) is 0 Å². The van der Waals surface area contributed by atoms with Gasteiger partial charge in [0.1, 0.15) is 6.10 Å². The molecule has 0 aromatic heterocycles. The van der Waals surface area contributed by atoms with Gasteiger partial charge in [0.25, 0.3) is 5.91 Å². The number of carbonyl (C=O) groups is 1. The molecule has 1 aromatic rings. The Hall–Kier alpha value is -0.810. The van der Waals surface area contributed by atoms with Crippen LogP contribution in [0.1, 0.15) is 13.8 Å². The van der Waals surface area contributed by atoms with Gasteiger partial charge in [0, 0.05) is 11.6 Å². The molecule has 0 aliphatic heterocycles. The summed E-state index contributed by atoms with van der Waals surface area (Å²) in [5.74, 6) is -0.277. The number of rotatable bonds is 7. The van der Waals surface area contributed by atoms with Crippen molar-refractivity contribution in [2.24, 2.45) is 0 Å². The van der Waals surface area contributed by atoms with Crippen LogP contribution in [0.25, 0.3) is 0 Å². The van der Waals surface area contributed by atoms with E-state index >= 15 is 0 Å². The van der Waals surface area contributed by atoms with Crippen LogP contribution in [-0.4, -0.2) is 31.8 Å². The van der Waals surface area contributed by atoms with Crippen molar-refractivity contribution in [3.05, 3.63) is 28.2 Å². The third-order valence-corrected chi connectivity index (χ3v) is 2.92. The molecule has 4 nitrogen and oxygen atoms in total. The number of ether oxygens (including phenoxy) is 2. The fourth-order valence-corrected chi connectivity index (χ4v) is 1.67. The van der Waals surface area contributed by atoms with E-state index in [2.05, 4.69) is 5.32 Å². The molecule has 0 heterocycles. The fraction of sp³-hybridized carbons (Fsp3) is 0.462. The average molecular weight is 306 g/mol. The first-order chi connectivity index (χ1) is 9.04. The maximum atomic E-state index is 11.9. The van der Waals surface area contributed by atoms with E-state index in [1.165, 1.54) is 0 Å². The van der Waals surface area contributed by atoms with Gasteiger partial charge in [-0.25, -0.2) is 0 Å². The van der Waals surface area contributed by atoms with Crippen LogP contribution in [-0.2, 0) is 14.3 Å². The Morgan fingerprint density at radius 1 is 1.37 bits per heavy atom. The summed E-state index contributed by atoms with van der Waals surface area (Å²) in [6, 6.07) is 4.87. The Morgan fingerprint density at radius 3 is 2.79 bits per heavy atom. The van der Waals surface area contributed by atoms with Crippen molar-refractivity contribution >= 4 is 34.8 Å². The molecule has 0 fully saturated rings. The Balaban J connectivity index is 2.47. The minimum atomic E-state index is -0.587. The quantitative estimate of drug-likeness (QED) is 0.786. The molecule has 1 N–H and O–H groups in total. The van der Waals surface area contributed by atoms with E-state index in [9.17, 15) is 4.79 Å². The van der Waals surface area contributed by atoms with Crippen LogP contribution in [0, 0.1) is 0 Å². The van der Waals surface area contributed by atoms with Gasteiger partial charge in [-0.15, -0.1) is 0 Å². The van der Waals surface area contributed by atoms with Crippen LogP contribution < -0.4 is 5.32 Å². The minimum Gasteiger partial charge on any atom is -0.379 e. The van der Waals surface area contributed by atoms with Gasteiger partial charge in [-0.2, -0.15) is 0 Å². The molecule has 0 saturated heterocycles. The summed E-state index contributed by atoms with van der Waals surface area (Å²) in [6.45, 7) is 5.02. The summed E-state index contributed by atoms with van der Waals surface area (Å²) in [4.78, 5) is 11.9. The van der Waals surface area contributed by atoms with Gasteiger partial charge in [-0.1, -0.05) is 23.2 Å². The highest BCUT2D eigenvalue weighted by Gasteiger charge is 2.14. The monoisotopic (exact) mass is 305 g/mol. The maximum Gasteiger partial charge on any atom is 0.253 e. The molecule has 19 heavy (non-hydrogen) atoms. The summed E-state index contributed by atoms with van der Waals surface area (Å²) in [6.07, 6.45) is -0.587. The molecule has 0 aliphatic rings. The van der Waals surface area contributed by atoms with Crippen molar-refractivity contribution in [3.8, 4) is 0 Å². The van der Waals surface area contributed by atoms with E-state index in [1.807, 2.05) is 6.92 Å². The summed E-state index contributed by atoms with van der Waals surface area (Å²) < 4.78 is 10.5. The second-order valence-electron chi connectivity index (χ2n) is 3.82. The molecule has 0 radical (unpaired) electrons. The van der Waals surface area contributed by atoms with Crippen LogP contribution in [0.3, 0.4) is 0 Å². The lowest BCUT2D eigenvalue weighted by atomic mass is 10.3. The second kappa shape index (κ2) is 8.38. The van der Waals surface area contributed by atoms with Crippen molar-refractivity contribution in [2.45, 2.75) is 20.0 Å². The standard InChI is InChI=1S/C13H17Cl2NO3/c1-3-18-6-7-19-9(2)13(17)16-12-8-10(14)4-5-11(12)15/h4-5,8-9H,3,6-7H2,1-2H3,(H,16,17). The minimum absolute atomic E-state index is 0.277. The summed E-state index contributed by atoms with van der Waals surface area (Å²) >= 11 is 11.8. The molecule has 1 unspecified atom stereocenters. The molecule has 1 aromatic carbocycles. The first-order valence-corrected chi connectivity index (χ1v) is 6.75. The Morgan fingerprint density at radius 2 is 2.11 bits per heavy atom. The topological polar surface area (TPSA) is 47.6 Å². The zero-order valence-corrected chi connectivity index (χ0v) is 12.4. The molecule has 6 heteroatoms. The van der Waals surface area contributed by atoms with E-state index in [-0.39, 0.29) is 5.91 Å². The number of hydrogen-bond acceptors (Lipinski definition) is 3. The zero-order valence-electron chi connectivity index (χ0n) is 10.9. The summed E-state index contributed by atoms with van der Waals surface area (Å²) in [5.41, 5.74) is 0.472. The van der Waals surface area contributed by atoms with Gasteiger partial charge in [0.2, 0.25) is 0 Å². The van der Waals surface area contributed by atoms with Crippen LogP contribution in [0.4, 0.5) is 5.69 Å². The van der Waals surface area contributed by atoms with E-state index in [1.54, 1.807) is 25.1 Å². The van der Waals surface area contributed by atoms with Crippen molar-refractivity contribution in [1.29, 1.82) is 0 Å². The third-order valence-electron chi connectivity index (χ3n) is 2.36. The van der Waals surface area contributed by atoms with E-state index in [0.717, 1.165) is 0 Å². The molecular weight excluding hydrogens is 289 g/mol. The van der Waals surface area contributed by atoms with Gasteiger partial charge in [-0.05, 0) is 32.0 Å². The molecule has 0 aliphatic carbocycles. The Bertz CT molecular complexity index is 426. The highest BCUT2D eigenvalue weighted by Crippen LogP contribution is 2.25. The number of carbonyl (C=O) groups excluding carboxylic acids is 1. The number of anilines is 1. The van der Waals surface area contributed by atoms with Gasteiger partial charge in [0.05, 0.1) is 23.9 Å². The van der Waals surface area contributed by atoms with Crippen molar-refractivity contribution < 1.29 is 14.3 Å². The smallest absolute Gasteiger partial charge is 0.253 e. The number of nitrogens with one attached hydrogen (secondary N) is 1.